The molecular formula is C17H19NO. The molecule has 2 nitrogen and oxygen atoms in total. The zero-order chi connectivity index (χ0) is 13.4. The van der Waals surface area contributed by atoms with Crippen LogP contribution in [-0.4, -0.2) is 6.10 Å². The summed E-state index contributed by atoms with van der Waals surface area (Å²) in [5.41, 5.74) is 11.3. The van der Waals surface area contributed by atoms with Gasteiger partial charge in [-0.15, -0.1) is 0 Å². The summed E-state index contributed by atoms with van der Waals surface area (Å²) in [4.78, 5) is 0. The molecule has 0 fully saturated rings. The molecule has 0 bridgehead atoms. The zero-order valence-corrected chi connectivity index (χ0v) is 11.4. The van der Waals surface area contributed by atoms with Gasteiger partial charge in [-0.3, -0.25) is 0 Å². The maximum Gasteiger partial charge on any atom is 0.123 e. The number of para-hydroxylation sites is 1. The van der Waals surface area contributed by atoms with Gasteiger partial charge in [-0.2, -0.15) is 0 Å². The van der Waals surface area contributed by atoms with Gasteiger partial charge in [-0.25, -0.2) is 0 Å². The molecule has 2 heteroatoms. The predicted octanol–water partition coefficient (Wildman–Crippen LogP) is 3.31. The van der Waals surface area contributed by atoms with Crippen molar-refractivity contribution in [2.24, 2.45) is 5.73 Å². The highest BCUT2D eigenvalue weighted by atomic mass is 16.5. The van der Waals surface area contributed by atoms with Crippen LogP contribution in [0.25, 0.3) is 0 Å². The largest absolute Gasteiger partial charge is 0.488 e. The van der Waals surface area contributed by atoms with Crippen LogP contribution in [-0.2, 0) is 6.42 Å². The molecule has 0 spiro atoms. The van der Waals surface area contributed by atoms with Crippen molar-refractivity contribution < 1.29 is 4.74 Å². The van der Waals surface area contributed by atoms with Crippen LogP contribution in [0.15, 0.2) is 42.5 Å². The van der Waals surface area contributed by atoms with Gasteiger partial charge in [0.25, 0.3) is 0 Å². The molecule has 1 aliphatic rings. The Morgan fingerprint density at radius 1 is 1.11 bits per heavy atom. The Morgan fingerprint density at radius 2 is 1.79 bits per heavy atom. The number of aryl methyl sites for hydroxylation is 2. The highest BCUT2D eigenvalue weighted by Crippen LogP contribution is 2.33. The van der Waals surface area contributed by atoms with Crippen molar-refractivity contribution in [2.45, 2.75) is 32.4 Å². The third-order valence-electron chi connectivity index (χ3n) is 3.70. The van der Waals surface area contributed by atoms with Gasteiger partial charge in [0.05, 0.1) is 6.04 Å². The lowest BCUT2D eigenvalue weighted by Gasteiger charge is -2.20. The van der Waals surface area contributed by atoms with Crippen LogP contribution < -0.4 is 10.5 Å². The Balaban J connectivity index is 1.84. The third kappa shape index (κ3) is 2.36. The van der Waals surface area contributed by atoms with E-state index in [0.29, 0.717) is 0 Å². The summed E-state index contributed by atoms with van der Waals surface area (Å²) in [6.45, 7) is 4.21. The number of benzene rings is 2. The van der Waals surface area contributed by atoms with E-state index in [4.69, 9.17) is 10.5 Å². The standard InChI is InChI=1S/C17H19NO/c1-11-7-12(2)9-14(8-11)17(18)16-10-13-5-3-4-6-15(13)19-16/h3-9,16-17H,10,18H2,1-2H3. The number of hydrogen-bond acceptors (Lipinski definition) is 2. The number of fused-ring (bicyclic) bond motifs is 1. The zero-order valence-electron chi connectivity index (χ0n) is 11.4. The van der Waals surface area contributed by atoms with E-state index in [-0.39, 0.29) is 12.1 Å². The monoisotopic (exact) mass is 253 g/mol. The highest BCUT2D eigenvalue weighted by molar-refractivity contribution is 5.39. The van der Waals surface area contributed by atoms with Gasteiger partial charge in [0, 0.05) is 6.42 Å². The molecule has 0 saturated heterocycles. The normalized spacial score (nSPS) is 18.8. The van der Waals surface area contributed by atoms with E-state index in [1.54, 1.807) is 0 Å². The lowest BCUT2D eigenvalue weighted by molar-refractivity contribution is 0.199. The van der Waals surface area contributed by atoms with Crippen LogP contribution in [0.1, 0.15) is 28.3 Å². The van der Waals surface area contributed by atoms with Crippen molar-refractivity contribution >= 4 is 0 Å². The van der Waals surface area contributed by atoms with Crippen LogP contribution in [0.2, 0.25) is 0 Å². The van der Waals surface area contributed by atoms with Gasteiger partial charge in [0.2, 0.25) is 0 Å². The summed E-state index contributed by atoms with van der Waals surface area (Å²) in [7, 11) is 0. The Kier molecular flexibility index (Phi) is 3.03. The number of nitrogens with two attached hydrogens (primary N) is 1. The van der Waals surface area contributed by atoms with Gasteiger partial charge < -0.3 is 10.5 Å². The Bertz CT molecular complexity index is 561. The molecule has 2 atom stereocenters. The van der Waals surface area contributed by atoms with Crippen LogP contribution >= 0.6 is 0 Å². The van der Waals surface area contributed by atoms with Crippen molar-refractivity contribution in [1.82, 2.24) is 0 Å². The fraction of sp³-hybridized carbons (Fsp3) is 0.294. The van der Waals surface area contributed by atoms with Gasteiger partial charge >= 0.3 is 0 Å². The predicted molar refractivity (Wildman–Crippen MR) is 77.4 cm³/mol. The minimum Gasteiger partial charge on any atom is -0.488 e. The van der Waals surface area contributed by atoms with Gasteiger partial charge in [0.15, 0.2) is 0 Å². The highest BCUT2D eigenvalue weighted by Gasteiger charge is 2.28. The average Bonchev–Trinajstić information content (AvgIpc) is 2.80. The molecule has 0 saturated carbocycles. The van der Waals surface area contributed by atoms with E-state index >= 15 is 0 Å². The molecule has 1 aliphatic heterocycles. The molecule has 0 radical (unpaired) electrons. The maximum atomic E-state index is 6.39. The van der Waals surface area contributed by atoms with Crippen molar-refractivity contribution in [3.05, 3.63) is 64.7 Å². The van der Waals surface area contributed by atoms with Crippen molar-refractivity contribution in [1.29, 1.82) is 0 Å². The van der Waals surface area contributed by atoms with Crippen molar-refractivity contribution in [3.8, 4) is 5.75 Å². The summed E-state index contributed by atoms with van der Waals surface area (Å²) in [6, 6.07) is 14.6. The van der Waals surface area contributed by atoms with Crippen LogP contribution in [0.3, 0.4) is 0 Å². The van der Waals surface area contributed by atoms with E-state index in [2.05, 4.69) is 38.1 Å². The van der Waals surface area contributed by atoms with Crippen molar-refractivity contribution in [2.75, 3.05) is 0 Å². The molecule has 0 aromatic heterocycles. The Hall–Kier alpha value is -1.80. The summed E-state index contributed by atoms with van der Waals surface area (Å²) < 4.78 is 5.98. The molecule has 0 aliphatic carbocycles. The van der Waals surface area contributed by atoms with Crippen LogP contribution in [0, 0.1) is 13.8 Å². The van der Waals surface area contributed by atoms with E-state index < -0.39 is 0 Å². The topological polar surface area (TPSA) is 35.2 Å². The molecular weight excluding hydrogens is 234 g/mol. The molecule has 19 heavy (non-hydrogen) atoms. The lowest BCUT2D eigenvalue weighted by Crippen LogP contribution is -2.30. The molecule has 2 N–H and O–H groups in total. The maximum absolute atomic E-state index is 6.39. The summed E-state index contributed by atoms with van der Waals surface area (Å²) >= 11 is 0. The SMILES string of the molecule is Cc1cc(C)cc(C(N)C2Cc3ccccc3O2)c1. The average molecular weight is 253 g/mol. The van der Waals surface area contributed by atoms with E-state index in [1.165, 1.54) is 16.7 Å². The Labute approximate surface area is 114 Å². The first kappa shape index (κ1) is 12.2. The second-order valence-electron chi connectivity index (χ2n) is 5.41. The molecule has 2 aromatic rings. The van der Waals surface area contributed by atoms with Gasteiger partial charge in [-0.05, 0) is 31.0 Å². The first-order valence-electron chi connectivity index (χ1n) is 6.72. The minimum absolute atomic E-state index is 0.0404. The second-order valence-corrected chi connectivity index (χ2v) is 5.41. The quantitative estimate of drug-likeness (QED) is 0.891. The lowest BCUT2D eigenvalue weighted by atomic mass is 9.96. The van der Waals surface area contributed by atoms with Crippen LogP contribution in [0.4, 0.5) is 0 Å². The first-order chi connectivity index (χ1) is 9.13. The molecule has 98 valence electrons. The number of hydrogen-bond donors (Lipinski definition) is 1. The number of ether oxygens (including phenoxy) is 1. The van der Waals surface area contributed by atoms with E-state index in [9.17, 15) is 0 Å². The van der Waals surface area contributed by atoms with Gasteiger partial charge in [0.1, 0.15) is 11.9 Å². The third-order valence-corrected chi connectivity index (χ3v) is 3.70. The minimum atomic E-state index is -0.0778. The van der Waals surface area contributed by atoms with Crippen molar-refractivity contribution in [3.63, 3.8) is 0 Å². The Morgan fingerprint density at radius 3 is 2.47 bits per heavy atom. The molecule has 3 rings (SSSR count). The molecule has 2 aromatic carbocycles. The summed E-state index contributed by atoms with van der Waals surface area (Å²) in [5, 5.41) is 0. The summed E-state index contributed by atoms with van der Waals surface area (Å²) in [5.74, 6) is 0.979. The first-order valence-corrected chi connectivity index (χ1v) is 6.72. The fourth-order valence-corrected chi connectivity index (χ4v) is 2.83. The molecule has 2 unspecified atom stereocenters. The second kappa shape index (κ2) is 4.71. The molecule has 0 amide bonds. The van der Waals surface area contributed by atoms with E-state index in [0.717, 1.165) is 17.7 Å². The van der Waals surface area contributed by atoms with Gasteiger partial charge in [-0.1, -0.05) is 47.5 Å². The molecule has 1 heterocycles. The number of rotatable bonds is 2. The smallest absolute Gasteiger partial charge is 0.123 e. The summed E-state index contributed by atoms with van der Waals surface area (Å²) in [6.07, 6.45) is 0.934. The van der Waals surface area contributed by atoms with Crippen LogP contribution in [0.5, 0.6) is 5.75 Å². The fourth-order valence-electron chi connectivity index (χ4n) is 2.83. The van der Waals surface area contributed by atoms with E-state index in [1.807, 2.05) is 18.2 Å².